The van der Waals surface area contributed by atoms with Gasteiger partial charge < -0.3 is 24.6 Å². The van der Waals surface area contributed by atoms with Crippen LogP contribution in [0.2, 0.25) is 0 Å². The second-order valence-electron chi connectivity index (χ2n) is 12.1. The quantitative estimate of drug-likeness (QED) is 0.0642. The molecule has 0 saturated carbocycles. The van der Waals surface area contributed by atoms with Crippen LogP contribution in [-0.2, 0) is 38.6 Å². The highest BCUT2D eigenvalue weighted by molar-refractivity contribution is 6.02. The van der Waals surface area contributed by atoms with E-state index in [2.05, 4.69) is 20.9 Å². The summed E-state index contributed by atoms with van der Waals surface area (Å²) in [6.45, 7) is 0.0206. The van der Waals surface area contributed by atoms with Crippen molar-refractivity contribution in [3.63, 3.8) is 0 Å². The lowest BCUT2D eigenvalue weighted by atomic mass is 9.98. The summed E-state index contributed by atoms with van der Waals surface area (Å²) in [6, 6.07) is 39.1. The molecule has 53 heavy (non-hydrogen) atoms. The van der Waals surface area contributed by atoms with E-state index >= 15 is 0 Å². The van der Waals surface area contributed by atoms with Crippen LogP contribution in [0.25, 0.3) is 11.1 Å². The van der Waals surface area contributed by atoms with Crippen LogP contribution in [0.5, 0.6) is 0 Å². The topological polar surface area (TPSA) is 165 Å². The number of carbonyl (C=O) groups is 4. The molecule has 3 amide bonds. The average molecular weight is 713 g/mol. The molecular weight excluding hydrogens is 676 g/mol. The highest BCUT2D eigenvalue weighted by atomic mass is 16.6. The van der Waals surface area contributed by atoms with E-state index in [4.69, 9.17) is 14.2 Å². The molecule has 1 atom stereocenters. The molecule has 0 saturated heterocycles. The number of aliphatic carboxylic acids is 1. The lowest BCUT2D eigenvalue weighted by Crippen LogP contribution is -2.44. The fourth-order valence-electron chi connectivity index (χ4n) is 5.85. The van der Waals surface area contributed by atoms with E-state index in [1.807, 2.05) is 84.9 Å². The van der Waals surface area contributed by atoms with Crippen LogP contribution in [0.1, 0.15) is 33.7 Å². The molecule has 12 nitrogen and oxygen atoms in total. The Balaban J connectivity index is 1.07. The van der Waals surface area contributed by atoms with E-state index in [0.717, 1.165) is 33.4 Å². The highest BCUT2D eigenvalue weighted by Crippen LogP contribution is 2.44. The molecule has 0 aliphatic heterocycles. The fourth-order valence-corrected chi connectivity index (χ4v) is 5.85. The summed E-state index contributed by atoms with van der Waals surface area (Å²) in [7, 11) is 0. The number of benzene rings is 5. The number of fused-ring (bicyclic) bond motifs is 3. The van der Waals surface area contributed by atoms with E-state index in [9.17, 15) is 24.3 Å². The number of rotatable bonds is 11. The molecule has 0 heterocycles. The van der Waals surface area contributed by atoms with E-state index in [0.29, 0.717) is 11.3 Å². The number of carboxylic acids is 1. The molecular formula is C41H36N4O8. The third-order valence-electron chi connectivity index (χ3n) is 8.42. The zero-order valence-electron chi connectivity index (χ0n) is 28.4. The summed E-state index contributed by atoms with van der Waals surface area (Å²) >= 11 is 0. The Hall–Kier alpha value is -6.95. The Morgan fingerprint density at radius 3 is 1.58 bits per heavy atom. The molecule has 1 aliphatic carbocycles. The third kappa shape index (κ3) is 9.85. The van der Waals surface area contributed by atoms with E-state index in [1.165, 1.54) is 0 Å². The zero-order chi connectivity index (χ0) is 37.0. The fraction of sp³-hybridized carbons (Fsp3) is 0.146. The number of aliphatic imine (C=N–C) groups is 1. The van der Waals surface area contributed by atoms with Crippen LogP contribution in [0.15, 0.2) is 138 Å². The molecule has 0 unspecified atom stereocenters. The first-order valence-corrected chi connectivity index (χ1v) is 16.8. The SMILES string of the molecule is O=C(NC(=Nc1ccc(C[C@@H](NC(=O)OCC2c3ccccc3-c3ccccc32)C(=O)O)cc1)NC(=O)OCc1ccccc1)OCc1ccccc1. The van der Waals surface area contributed by atoms with Gasteiger partial charge in [-0.05, 0) is 51.1 Å². The van der Waals surface area contributed by atoms with Crippen molar-refractivity contribution < 1.29 is 38.5 Å². The first-order chi connectivity index (χ1) is 25.8. The first-order valence-electron chi connectivity index (χ1n) is 16.8. The molecule has 0 spiro atoms. The Labute approximate surface area is 305 Å². The maximum Gasteiger partial charge on any atom is 0.414 e. The molecule has 0 bridgehead atoms. The minimum atomic E-state index is -1.28. The molecule has 5 aromatic rings. The maximum absolute atomic E-state index is 12.8. The number of amides is 3. The van der Waals surface area contributed by atoms with Crippen molar-refractivity contribution in [2.45, 2.75) is 31.6 Å². The Morgan fingerprint density at radius 1 is 0.585 bits per heavy atom. The highest BCUT2D eigenvalue weighted by Gasteiger charge is 2.30. The zero-order valence-corrected chi connectivity index (χ0v) is 28.4. The number of carboxylic acid groups (broad SMARTS) is 1. The summed E-state index contributed by atoms with van der Waals surface area (Å²) in [5.74, 6) is -1.66. The number of nitrogens with one attached hydrogen (secondary N) is 3. The van der Waals surface area contributed by atoms with E-state index in [-0.39, 0.29) is 38.1 Å². The van der Waals surface area contributed by atoms with Crippen molar-refractivity contribution in [3.8, 4) is 11.1 Å². The Bertz CT molecular complexity index is 1980. The number of ether oxygens (including phenoxy) is 3. The molecule has 12 heteroatoms. The van der Waals surface area contributed by atoms with Crippen molar-refractivity contribution in [1.82, 2.24) is 16.0 Å². The van der Waals surface area contributed by atoms with Crippen LogP contribution in [0.3, 0.4) is 0 Å². The summed E-state index contributed by atoms with van der Waals surface area (Å²) in [4.78, 5) is 54.6. The van der Waals surface area contributed by atoms with E-state index in [1.54, 1.807) is 48.5 Å². The van der Waals surface area contributed by atoms with Crippen molar-refractivity contribution >= 4 is 35.9 Å². The van der Waals surface area contributed by atoms with Gasteiger partial charge in [0.05, 0.1) is 5.69 Å². The molecule has 0 radical (unpaired) electrons. The number of nitrogens with zero attached hydrogens (tertiary/aromatic N) is 1. The van der Waals surface area contributed by atoms with Gasteiger partial charge in [-0.1, -0.05) is 121 Å². The molecule has 5 aromatic carbocycles. The van der Waals surface area contributed by atoms with Crippen LogP contribution in [0, 0.1) is 0 Å². The second kappa shape index (κ2) is 17.3. The summed E-state index contributed by atoms with van der Waals surface area (Å²) in [6.07, 6.45) is -2.63. The largest absolute Gasteiger partial charge is 0.480 e. The van der Waals surface area contributed by atoms with Crippen molar-refractivity contribution in [2.75, 3.05) is 6.61 Å². The normalized spacial score (nSPS) is 11.9. The molecule has 268 valence electrons. The lowest BCUT2D eigenvalue weighted by Gasteiger charge is -2.17. The van der Waals surface area contributed by atoms with Gasteiger partial charge in [-0.3, -0.25) is 10.6 Å². The second-order valence-corrected chi connectivity index (χ2v) is 12.1. The van der Waals surface area contributed by atoms with Gasteiger partial charge in [-0.2, -0.15) is 0 Å². The van der Waals surface area contributed by atoms with Crippen molar-refractivity contribution in [3.05, 3.63) is 161 Å². The summed E-state index contributed by atoms with van der Waals surface area (Å²) in [5.41, 5.74) is 6.66. The van der Waals surface area contributed by atoms with Gasteiger partial charge in [0.2, 0.25) is 5.96 Å². The van der Waals surface area contributed by atoms with Gasteiger partial charge in [0.1, 0.15) is 25.9 Å². The monoisotopic (exact) mass is 712 g/mol. The maximum atomic E-state index is 12.8. The van der Waals surface area contributed by atoms with Gasteiger partial charge in [0, 0.05) is 12.3 Å². The number of guanidine groups is 1. The minimum absolute atomic E-state index is 0.0120. The summed E-state index contributed by atoms with van der Waals surface area (Å²) < 4.78 is 16.1. The molecule has 6 rings (SSSR count). The Morgan fingerprint density at radius 2 is 1.08 bits per heavy atom. The van der Waals surface area contributed by atoms with Gasteiger partial charge in [-0.15, -0.1) is 0 Å². The van der Waals surface area contributed by atoms with Gasteiger partial charge >= 0.3 is 24.2 Å². The predicted octanol–water partition coefficient (Wildman–Crippen LogP) is 7.06. The van der Waals surface area contributed by atoms with Crippen LogP contribution in [0.4, 0.5) is 20.1 Å². The summed E-state index contributed by atoms with van der Waals surface area (Å²) in [5, 5.41) is 17.2. The average Bonchev–Trinajstić information content (AvgIpc) is 3.50. The van der Waals surface area contributed by atoms with Gasteiger partial charge in [0.25, 0.3) is 0 Å². The van der Waals surface area contributed by atoms with Crippen molar-refractivity contribution in [1.29, 1.82) is 0 Å². The minimum Gasteiger partial charge on any atom is -0.480 e. The molecule has 4 N–H and O–H groups in total. The Kier molecular flexibility index (Phi) is 11.7. The molecule has 0 aromatic heterocycles. The standard InChI is InChI=1S/C41H36N4O8/c46-37(47)36(43-39(48)53-26-35-33-17-9-7-15-31(33)32-16-8-10-18-34(32)35)23-27-19-21-30(22-20-27)42-38(44-40(49)51-24-28-11-3-1-4-12-28)45-41(50)52-25-29-13-5-2-6-14-29/h1-22,35-36H,23-26H2,(H,43,48)(H,46,47)(H2,42,44,45,49,50)/t36-/m1/s1. The van der Waals surface area contributed by atoms with Crippen LogP contribution >= 0.6 is 0 Å². The van der Waals surface area contributed by atoms with Gasteiger partial charge in [0.15, 0.2) is 0 Å². The number of carbonyl (C=O) groups excluding carboxylic acids is 3. The number of alkyl carbamates (subject to hydrolysis) is 3. The number of hydrogen-bond acceptors (Lipinski definition) is 8. The van der Waals surface area contributed by atoms with Crippen molar-refractivity contribution in [2.24, 2.45) is 4.99 Å². The smallest absolute Gasteiger partial charge is 0.414 e. The molecule has 0 fully saturated rings. The lowest BCUT2D eigenvalue weighted by molar-refractivity contribution is -0.139. The first kappa shape index (κ1) is 35.9. The number of hydrogen-bond donors (Lipinski definition) is 4. The third-order valence-corrected chi connectivity index (χ3v) is 8.42. The molecule has 1 aliphatic rings. The van der Waals surface area contributed by atoms with Gasteiger partial charge in [-0.25, -0.2) is 24.2 Å². The predicted molar refractivity (Wildman–Crippen MR) is 196 cm³/mol. The van der Waals surface area contributed by atoms with Crippen LogP contribution in [-0.4, -0.2) is 48.0 Å². The van der Waals surface area contributed by atoms with Crippen LogP contribution < -0.4 is 16.0 Å². The van der Waals surface area contributed by atoms with E-state index < -0.39 is 30.3 Å².